The molecule has 12 heavy (non-hydrogen) atoms. The van der Waals surface area contributed by atoms with E-state index in [4.69, 9.17) is 5.11 Å². The molecule has 0 atom stereocenters. The van der Waals surface area contributed by atoms with Gasteiger partial charge in [0, 0.05) is 6.20 Å². The number of hydrogen-bond donors (Lipinski definition) is 1. The van der Waals surface area contributed by atoms with Crippen LogP contribution < -0.4 is 0 Å². The van der Waals surface area contributed by atoms with Crippen molar-refractivity contribution in [2.45, 2.75) is 0 Å². The van der Waals surface area contributed by atoms with Crippen LogP contribution in [0.2, 0.25) is 0 Å². The van der Waals surface area contributed by atoms with Gasteiger partial charge in [-0.05, 0) is 6.07 Å². The molecule has 0 saturated heterocycles. The first-order chi connectivity index (χ1) is 5.77. The second kappa shape index (κ2) is 2.53. The lowest BCUT2D eigenvalue weighted by Crippen LogP contribution is -1.93. The van der Waals surface area contributed by atoms with E-state index in [1.54, 1.807) is 18.5 Å². The highest BCUT2D eigenvalue weighted by Crippen LogP contribution is 2.20. The number of carbonyl (C=O) groups is 1. The molecule has 4 nitrogen and oxygen atoms in total. The third kappa shape index (κ3) is 1.04. The fourth-order valence-corrected chi connectivity index (χ4v) is 1.64. The van der Waals surface area contributed by atoms with E-state index in [1.165, 1.54) is 0 Å². The summed E-state index contributed by atoms with van der Waals surface area (Å²) >= 11 is 1.15. The van der Waals surface area contributed by atoms with E-state index in [9.17, 15) is 4.79 Å². The molecule has 0 aliphatic heterocycles. The van der Waals surface area contributed by atoms with Crippen molar-refractivity contribution >= 4 is 27.5 Å². The van der Waals surface area contributed by atoms with E-state index in [1.807, 2.05) is 0 Å². The van der Waals surface area contributed by atoms with Crippen molar-refractivity contribution in [3.8, 4) is 0 Å². The number of hydrogen-bond acceptors (Lipinski definition) is 4. The first-order valence-electron chi connectivity index (χ1n) is 3.21. The summed E-state index contributed by atoms with van der Waals surface area (Å²) in [5, 5.41) is 8.72. The first-order valence-corrected chi connectivity index (χ1v) is 4.03. The van der Waals surface area contributed by atoms with Crippen molar-refractivity contribution < 1.29 is 9.90 Å². The maximum Gasteiger partial charge on any atom is 0.365 e. The van der Waals surface area contributed by atoms with E-state index >= 15 is 0 Å². The molecular weight excluding hydrogens is 176 g/mol. The van der Waals surface area contributed by atoms with Gasteiger partial charge in [0.2, 0.25) is 5.01 Å². The number of thiazole rings is 1. The molecule has 0 unspecified atom stereocenters. The van der Waals surface area contributed by atoms with Gasteiger partial charge in [-0.15, -0.1) is 11.3 Å². The van der Waals surface area contributed by atoms with Crippen molar-refractivity contribution in [3.63, 3.8) is 0 Å². The number of pyridine rings is 1. The number of carboxylic acids is 1. The summed E-state index contributed by atoms with van der Waals surface area (Å²) in [5.41, 5.74) is 0.639. The first kappa shape index (κ1) is 7.17. The zero-order valence-corrected chi connectivity index (χ0v) is 6.71. The van der Waals surface area contributed by atoms with Gasteiger partial charge in [-0.1, -0.05) is 0 Å². The van der Waals surface area contributed by atoms with Crippen LogP contribution in [0.3, 0.4) is 0 Å². The van der Waals surface area contributed by atoms with Crippen molar-refractivity contribution in [1.29, 1.82) is 0 Å². The third-order valence-corrected chi connectivity index (χ3v) is 2.40. The molecule has 60 valence electrons. The van der Waals surface area contributed by atoms with Gasteiger partial charge in [0.1, 0.15) is 5.52 Å². The highest BCUT2D eigenvalue weighted by atomic mass is 32.1. The van der Waals surface area contributed by atoms with E-state index in [-0.39, 0.29) is 5.01 Å². The van der Waals surface area contributed by atoms with Crippen molar-refractivity contribution in [3.05, 3.63) is 23.5 Å². The highest BCUT2D eigenvalue weighted by Gasteiger charge is 2.09. The molecule has 0 aliphatic rings. The Morgan fingerprint density at radius 1 is 1.58 bits per heavy atom. The van der Waals surface area contributed by atoms with E-state index < -0.39 is 5.97 Å². The van der Waals surface area contributed by atoms with Gasteiger partial charge in [0.15, 0.2) is 0 Å². The highest BCUT2D eigenvalue weighted by molar-refractivity contribution is 7.20. The number of aromatic carboxylic acids is 1. The summed E-state index contributed by atoms with van der Waals surface area (Å²) in [4.78, 5) is 18.2. The second-order valence-corrected chi connectivity index (χ2v) is 3.20. The van der Waals surface area contributed by atoms with Gasteiger partial charge in [0.05, 0.1) is 10.9 Å². The summed E-state index contributed by atoms with van der Waals surface area (Å²) in [5.74, 6) is -0.990. The summed E-state index contributed by atoms with van der Waals surface area (Å²) in [7, 11) is 0. The van der Waals surface area contributed by atoms with Crippen LogP contribution in [0.1, 0.15) is 9.80 Å². The Kier molecular flexibility index (Phi) is 1.51. The standard InChI is InChI=1S/C7H4N2O2S/c10-7(11)6-9-4-3-8-2-1-5(4)12-6/h1-3H,(H,10,11). The Labute approximate surface area is 71.5 Å². The maximum absolute atomic E-state index is 10.5. The zero-order chi connectivity index (χ0) is 8.55. The largest absolute Gasteiger partial charge is 0.476 e. The number of aromatic nitrogens is 2. The molecule has 2 aromatic heterocycles. The predicted octanol–water partition coefficient (Wildman–Crippen LogP) is 1.39. The molecule has 2 rings (SSSR count). The second-order valence-electron chi connectivity index (χ2n) is 2.17. The van der Waals surface area contributed by atoms with Crippen molar-refractivity contribution in [1.82, 2.24) is 9.97 Å². The normalized spacial score (nSPS) is 10.3. The van der Waals surface area contributed by atoms with E-state index in [2.05, 4.69) is 9.97 Å². The predicted molar refractivity (Wildman–Crippen MR) is 44.4 cm³/mol. The quantitative estimate of drug-likeness (QED) is 0.720. The average molecular weight is 180 g/mol. The Hall–Kier alpha value is -1.49. The Bertz CT molecular complexity index is 405. The molecule has 0 amide bonds. The number of rotatable bonds is 1. The van der Waals surface area contributed by atoms with Crippen LogP contribution in [0, 0.1) is 0 Å². The van der Waals surface area contributed by atoms with Gasteiger partial charge in [-0.25, -0.2) is 9.78 Å². The van der Waals surface area contributed by atoms with Crippen LogP contribution in [-0.4, -0.2) is 21.0 Å². The SMILES string of the molecule is O=C(O)c1nc2cnccc2s1. The van der Waals surface area contributed by atoms with Crippen LogP contribution in [0.4, 0.5) is 0 Å². The topological polar surface area (TPSA) is 63.1 Å². The minimum absolute atomic E-state index is 0.109. The summed E-state index contributed by atoms with van der Waals surface area (Å²) in [6, 6.07) is 1.75. The van der Waals surface area contributed by atoms with Gasteiger partial charge in [0.25, 0.3) is 0 Å². The molecule has 0 aliphatic carbocycles. The molecule has 2 aromatic rings. The number of nitrogens with zero attached hydrogens (tertiary/aromatic N) is 2. The molecule has 5 heteroatoms. The molecule has 0 radical (unpaired) electrons. The fourth-order valence-electron chi connectivity index (χ4n) is 0.871. The molecule has 1 N–H and O–H groups in total. The fraction of sp³-hybridized carbons (Fsp3) is 0. The van der Waals surface area contributed by atoms with Crippen LogP contribution in [0.5, 0.6) is 0 Å². The lowest BCUT2D eigenvalue weighted by atomic mass is 10.5. The molecule has 0 bridgehead atoms. The van der Waals surface area contributed by atoms with Gasteiger partial charge in [-0.2, -0.15) is 0 Å². The summed E-state index contributed by atoms with van der Waals surface area (Å²) in [6.07, 6.45) is 3.17. The maximum atomic E-state index is 10.5. The number of fused-ring (bicyclic) bond motifs is 1. The van der Waals surface area contributed by atoms with Crippen molar-refractivity contribution in [2.75, 3.05) is 0 Å². The third-order valence-electron chi connectivity index (χ3n) is 1.37. The van der Waals surface area contributed by atoms with Crippen LogP contribution in [0.25, 0.3) is 10.2 Å². The number of carboxylic acid groups (broad SMARTS) is 1. The van der Waals surface area contributed by atoms with E-state index in [0.717, 1.165) is 16.0 Å². The van der Waals surface area contributed by atoms with Crippen molar-refractivity contribution in [2.24, 2.45) is 0 Å². The monoisotopic (exact) mass is 180 g/mol. The van der Waals surface area contributed by atoms with Crippen LogP contribution >= 0.6 is 11.3 Å². The average Bonchev–Trinajstić information content (AvgIpc) is 2.46. The minimum atomic E-state index is -0.990. The molecule has 2 heterocycles. The summed E-state index contributed by atoms with van der Waals surface area (Å²) < 4.78 is 0.849. The van der Waals surface area contributed by atoms with E-state index in [0.29, 0.717) is 5.52 Å². The Balaban J connectivity index is 2.70. The smallest absolute Gasteiger partial charge is 0.365 e. The summed E-state index contributed by atoms with van der Waals surface area (Å²) in [6.45, 7) is 0. The van der Waals surface area contributed by atoms with Crippen LogP contribution in [-0.2, 0) is 0 Å². The minimum Gasteiger partial charge on any atom is -0.476 e. The Morgan fingerprint density at radius 3 is 3.08 bits per heavy atom. The molecule has 0 spiro atoms. The zero-order valence-electron chi connectivity index (χ0n) is 5.89. The molecular formula is C7H4N2O2S. The molecule has 0 aromatic carbocycles. The lowest BCUT2D eigenvalue weighted by molar-refractivity contribution is 0.0696. The Morgan fingerprint density at radius 2 is 2.42 bits per heavy atom. The lowest BCUT2D eigenvalue weighted by Gasteiger charge is -1.80. The molecule has 0 fully saturated rings. The van der Waals surface area contributed by atoms with Crippen LogP contribution in [0.15, 0.2) is 18.5 Å². The van der Waals surface area contributed by atoms with Gasteiger partial charge in [-0.3, -0.25) is 4.98 Å². The van der Waals surface area contributed by atoms with Gasteiger partial charge < -0.3 is 5.11 Å². The molecule has 0 saturated carbocycles. The van der Waals surface area contributed by atoms with Gasteiger partial charge >= 0.3 is 5.97 Å².